The minimum Gasteiger partial charge on any atom is -0.352 e. The molecule has 0 radical (unpaired) electrons. The number of benzene rings is 3. The zero-order chi connectivity index (χ0) is 24.6. The van der Waals surface area contributed by atoms with E-state index in [1.165, 1.54) is 0 Å². The lowest BCUT2D eigenvalue weighted by atomic mass is 10.00. The zero-order valence-corrected chi connectivity index (χ0v) is 20.9. The molecule has 1 saturated carbocycles. The molecule has 0 bridgehead atoms. The van der Waals surface area contributed by atoms with E-state index in [0.29, 0.717) is 13.0 Å². The maximum Gasteiger partial charge on any atom is 0.243 e. The van der Waals surface area contributed by atoms with Gasteiger partial charge in [0.25, 0.3) is 0 Å². The summed E-state index contributed by atoms with van der Waals surface area (Å²) in [7, 11) is 0. The van der Waals surface area contributed by atoms with Crippen molar-refractivity contribution in [2.75, 3.05) is 0 Å². The van der Waals surface area contributed by atoms with E-state index in [0.717, 1.165) is 53.5 Å². The van der Waals surface area contributed by atoms with Gasteiger partial charge in [-0.2, -0.15) is 0 Å². The van der Waals surface area contributed by atoms with E-state index in [9.17, 15) is 9.59 Å². The summed E-state index contributed by atoms with van der Waals surface area (Å²) >= 11 is 0. The first-order chi connectivity index (χ1) is 17.0. The zero-order valence-electron chi connectivity index (χ0n) is 20.9. The summed E-state index contributed by atoms with van der Waals surface area (Å²) in [6.07, 6.45) is 5.08. The molecule has 0 saturated heterocycles. The number of hydrogen-bond donors (Lipinski definition) is 1. The predicted octanol–water partition coefficient (Wildman–Crippen LogP) is 5.54. The molecule has 0 unspecified atom stereocenters. The number of rotatable bonds is 9. The fourth-order valence-corrected chi connectivity index (χ4v) is 5.15. The van der Waals surface area contributed by atoms with Crippen LogP contribution >= 0.6 is 0 Å². The standard InChI is InChI=1S/C31H36N2O2/c1-23-17-24(2)19-27(18-23)21-30(34)33(22-26-13-7-4-8-14-26)29(20-25-11-5-3-6-12-25)31(35)32-28-15-9-10-16-28/h3-8,11-14,17-19,28-29H,9-10,15-16,20-22H2,1-2H3,(H,32,35)/t29-/m1/s1. The maximum absolute atomic E-state index is 13.9. The minimum absolute atomic E-state index is 0.0265. The van der Waals surface area contributed by atoms with E-state index >= 15 is 0 Å². The summed E-state index contributed by atoms with van der Waals surface area (Å²) in [6.45, 7) is 4.51. The van der Waals surface area contributed by atoms with Crippen molar-refractivity contribution in [3.05, 3.63) is 107 Å². The molecule has 4 heteroatoms. The Balaban J connectivity index is 1.65. The van der Waals surface area contributed by atoms with E-state index in [1.54, 1.807) is 4.90 Å². The lowest BCUT2D eigenvalue weighted by molar-refractivity contribution is -0.141. The molecule has 35 heavy (non-hydrogen) atoms. The Morgan fingerprint density at radius 2 is 1.40 bits per heavy atom. The molecule has 2 amide bonds. The van der Waals surface area contributed by atoms with E-state index < -0.39 is 6.04 Å². The lowest BCUT2D eigenvalue weighted by Gasteiger charge is -2.32. The maximum atomic E-state index is 13.9. The normalized spacial score (nSPS) is 14.5. The first-order valence-electron chi connectivity index (χ1n) is 12.7. The first-order valence-corrected chi connectivity index (χ1v) is 12.7. The van der Waals surface area contributed by atoms with Gasteiger partial charge in [0.2, 0.25) is 11.8 Å². The Morgan fingerprint density at radius 1 is 0.829 bits per heavy atom. The summed E-state index contributed by atoms with van der Waals surface area (Å²) in [5, 5.41) is 3.27. The molecule has 1 fully saturated rings. The van der Waals surface area contributed by atoms with Gasteiger partial charge in [0.15, 0.2) is 0 Å². The van der Waals surface area contributed by atoms with Gasteiger partial charge < -0.3 is 10.2 Å². The average molecular weight is 469 g/mol. The number of carbonyl (C=O) groups is 2. The Labute approximate surface area is 209 Å². The average Bonchev–Trinajstić information content (AvgIpc) is 3.35. The van der Waals surface area contributed by atoms with Crippen LogP contribution in [0.2, 0.25) is 0 Å². The number of aryl methyl sites for hydroxylation is 2. The largest absolute Gasteiger partial charge is 0.352 e. The summed E-state index contributed by atoms with van der Waals surface area (Å²) in [5.74, 6) is -0.0770. The van der Waals surface area contributed by atoms with Gasteiger partial charge in [0, 0.05) is 19.0 Å². The monoisotopic (exact) mass is 468 g/mol. The fourth-order valence-electron chi connectivity index (χ4n) is 5.15. The van der Waals surface area contributed by atoms with Crippen LogP contribution in [-0.2, 0) is 29.0 Å². The molecule has 1 N–H and O–H groups in total. The fraction of sp³-hybridized carbons (Fsp3) is 0.355. The van der Waals surface area contributed by atoms with Crippen molar-refractivity contribution in [2.45, 2.75) is 71.0 Å². The van der Waals surface area contributed by atoms with Crippen molar-refractivity contribution in [1.29, 1.82) is 0 Å². The first kappa shape index (κ1) is 24.7. The molecule has 182 valence electrons. The SMILES string of the molecule is Cc1cc(C)cc(CC(=O)N(Cc2ccccc2)[C@H](Cc2ccccc2)C(=O)NC2CCCC2)c1. The molecule has 4 rings (SSSR count). The Bertz CT molecular complexity index is 1100. The van der Waals surface area contributed by atoms with Crippen molar-refractivity contribution in [3.8, 4) is 0 Å². The van der Waals surface area contributed by atoms with Gasteiger partial charge in [-0.15, -0.1) is 0 Å². The van der Waals surface area contributed by atoms with E-state index in [1.807, 2.05) is 60.7 Å². The van der Waals surface area contributed by atoms with E-state index in [2.05, 4.69) is 37.4 Å². The second kappa shape index (κ2) is 11.8. The molecule has 0 aliphatic heterocycles. The predicted molar refractivity (Wildman–Crippen MR) is 141 cm³/mol. The molecule has 0 spiro atoms. The third kappa shape index (κ3) is 7.05. The number of hydrogen-bond acceptors (Lipinski definition) is 2. The molecule has 0 heterocycles. The molecule has 3 aromatic carbocycles. The van der Waals surface area contributed by atoms with Crippen LogP contribution in [0, 0.1) is 13.8 Å². The Kier molecular flexibility index (Phi) is 8.36. The number of nitrogens with zero attached hydrogens (tertiary/aromatic N) is 1. The summed E-state index contributed by atoms with van der Waals surface area (Å²) in [6, 6.07) is 25.9. The second-order valence-electron chi connectivity index (χ2n) is 9.88. The summed E-state index contributed by atoms with van der Waals surface area (Å²) in [4.78, 5) is 29.4. The van der Waals surface area contributed by atoms with E-state index in [-0.39, 0.29) is 24.3 Å². The second-order valence-corrected chi connectivity index (χ2v) is 9.88. The van der Waals surface area contributed by atoms with Gasteiger partial charge in [-0.3, -0.25) is 9.59 Å². The van der Waals surface area contributed by atoms with Crippen LogP contribution in [0.15, 0.2) is 78.9 Å². The molecule has 4 nitrogen and oxygen atoms in total. The van der Waals surface area contributed by atoms with Gasteiger partial charge >= 0.3 is 0 Å². The van der Waals surface area contributed by atoms with Crippen LogP contribution in [0.3, 0.4) is 0 Å². The highest BCUT2D eigenvalue weighted by Crippen LogP contribution is 2.21. The van der Waals surface area contributed by atoms with Crippen molar-refractivity contribution in [2.24, 2.45) is 0 Å². The van der Waals surface area contributed by atoms with Gasteiger partial charge in [0.1, 0.15) is 6.04 Å². The summed E-state index contributed by atoms with van der Waals surface area (Å²) in [5.41, 5.74) is 5.34. The van der Waals surface area contributed by atoms with Crippen LogP contribution in [0.5, 0.6) is 0 Å². The van der Waals surface area contributed by atoms with Crippen molar-refractivity contribution in [1.82, 2.24) is 10.2 Å². The Morgan fingerprint density at radius 3 is 2.00 bits per heavy atom. The Hall–Kier alpha value is -3.40. The molecular weight excluding hydrogens is 432 g/mol. The molecule has 1 aliphatic rings. The smallest absolute Gasteiger partial charge is 0.243 e. The van der Waals surface area contributed by atoms with Gasteiger partial charge in [0.05, 0.1) is 6.42 Å². The molecular formula is C31H36N2O2. The van der Waals surface area contributed by atoms with Crippen LogP contribution < -0.4 is 5.32 Å². The van der Waals surface area contributed by atoms with Crippen LogP contribution in [0.4, 0.5) is 0 Å². The van der Waals surface area contributed by atoms with Crippen LogP contribution in [0.1, 0.15) is 53.5 Å². The highest BCUT2D eigenvalue weighted by atomic mass is 16.2. The van der Waals surface area contributed by atoms with Crippen molar-refractivity contribution in [3.63, 3.8) is 0 Å². The van der Waals surface area contributed by atoms with Crippen LogP contribution in [-0.4, -0.2) is 28.8 Å². The number of carbonyl (C=O) groups excluding carboxylic acids is 2. The van der Waals surface area contributed by atoms with Gasteiger partial charge in [-0.05, 0) is 43.4 Å². The van der Waals surface area contributed by atoms with Crippen LogP contribution in [0.25, 0.3) is 0 Å². The summed E-state index contributed by atoms with van der Waals surface area (Å²) < 4.78 is 0. The molecule has 3 aromatic rings. The molecule has 1 aliphatic carbocycles. The topological polar surface area (TPSA) is 49.4 Å². The van der Waals surface area contributed by atoms with Crippen molar-refractivity contribution >= 4 is 11.8 Å². The lowest BCUT2D eigenvalue weighted by Crippen LogP contribution is -2.52. The van der Waals surface area contributed by atoms with E-state index in [4.69, 9.17) is 0 Å². The quantitative estimate of drug-likeness (QED) is 0.448. The highest BCUT2D eigenvalue weighted by Gasteiger charge is 2.32. The third-order valence-corrected chi connectivity index (χ3v) is 6.81. The van der Waals surface area contributed by atoms with Gasteiger partial charge in [-0.1, -0.05) is 103 Å². The molecule has 0 aromatic heterocycles. The van der Waals surface area contributed by atoms with Gasteiger partial charge in [-0.25, -0.2) is 0 Å². The minimum atomic E-state index is -0.573. The number of nitrogens with one attached hydrogen (secondary N) is 1. The number of amides is 2. The highest BCUT2D eigenvalue weighted by molar-refractivity contribution is 5.89. The third-order valence-electron chi connectivity index (χ3n) is 6.81. The van der Waals surface area contributed by atoms with Crippen molar-refractivity contribution < 1.29 is 9.59 Å². The molecule has 1 atom stereocenters.